The van der Waals surface area contributed by atoms with Crippen LogP contribution in [0.5, 0.6) is 11.5 Å². The molecule has 0 radical (unpaired) electrons. The fraction of sp³-hybridized carbons (Fsp3) is 0.435. The molecule has 0 spiro atoms. The molecule has 0 unspecified atom stereocenters. The minimum atomic E-state index is -3.98. The van der Waals surface area contributed by atoms with Gasteiger partial charge in [-0.15, -0.1) is 11.6 Å². The van der Waals surface area contributed by atoms with Crippen LogP contribution in [-0.2, 0) is 29.2 Å². The molecule has 0 saturated heterocycles. The first-order valence-electron chi connectivity index (χ1n) is 10.8. The number of sulfone groups is 2. The summed E-state index contributed by atoms with van der Waals surface area (Å²) in [5, 5.41) is -0.0959. The normalized spacial score (nSPS) is 13.6. The highest BCUT2D eigenvalue weighted by molar-refractivity contribution is 7.91. The molecule has 0 amide bonds. The van der Waals surface area contributed by atoms with E-state index in [0.29, 0.717) is 5.75 Å². The minimum absolute atomic E-state index is 0.00742. The van der Waals surface area contributed by atoms with Crippen molar-refractivity contribution in [2.45, 2.75) is 36.7 Å². The molecule has 0 aliphatic rings. The van der Waals surface area contributed by atoms with E-state index in [9.17, 15) is 21.6 Å². The summed E-state index contributed by atoms with van der Waals surface area (Å²) >= 11 is 18.2. The number of alkyl halides is 1. The number of hydrogen-bond acceptors (Lipinski definition) is 8. The van der Waals surface area contributed by atoms with Gasteiger partial charge in [0.15, 0.2) is 5.75 Å². The van der Waals surface area contributed by atoms with E-state index in [1.807, 2.05) is 0 Å². The van der Waals surface area contributed by atoms with E-state index >= 15 is 0 Å². The van der Waals surface area contributed by atoms with Crippen LogP contribution in [0.3, 0.4) is 0 Å². The maximum atomic E-state index is 13.1. The average Bonchev–Trinajstić information content (AvgIpc) is 2.81. The Hall–Kier alpha value is -1.72. The molecule has 2 atom stereocenters. The highest BCUT2D eigenvalue weighted by Gasteiger charge is 2.23. The Balaban J connectivity index is 2.13. The van der Waals surface area contributed by atoms with E-state index in [2.05, 4.69) is 0 Å². The maximum Gasteiger partial charge on any atom is 0.303 e. The summed E-state index contributed by atoms with van der Waals surface area (Å²) in [6.45, 7) is 4.63. The van der Waals surface area contributed by atoms with E-state index in [4.69, 9.17) is 49.0 Å². The molecule has 36 heavy (non-hydrogen) atoms. The first-order chi connectivity index (χ1) is 16.8. The Morgan fingerprint density at radius 1 is 0.944 bits per heavy atom. The van der Waals surface area contributed by atoms with Crippen molar-refractivity contribution >= 4 is 60.4 Å². The van der Waals surface area contributed by atoms with Crippen LogP contribution in [0.4, 0.5) is 0 Å². The number of ether oxygens (including phenoxy) is 3. The second kappa shape index (κ2) is 13.2. The molecule has 0 fully saturated rings. The molecule has 2 aromatic carbocycles. The van der Waals surface area contributed by atoms with Crippen molar-refractivity contribution in [1.82, 2.24) is 0 Å². The number of rotatable bonds is 13. The van der Waals surface area contributed by atoms with Crippen LogP contribution >= 0.6 is 34.8 Å². The predicted molar refractivity (Wildman–Crippen MR) is 139 cm³/mol. The van der Waals surface area contributed by atoms with Crippen molar-refractivity contribution in [2.75, 3.05) is 30.6 Å². The van der Waals surface area contributed by atoms with Crippen LogP contribution in [0, 0.1) is 5.92 Å². The number of carbonyl (C=O) groups excluding carboxylic acids is 1. The van der Waals surface area contributed by atoms with Crippen molar-refractivity contribution in [2.24, 2.45) is 5.92 Å². The third kappa shape index (κ3) is 8.69. The second-order valence-electron chi connectivity index (χ2n) is 8.00. The zero-order chi connectivity index (χ0) is 27.1. The quantitative estimate of drug-likeness (QED) is 0.237. The minimum Gasteiger partial charge on any atom is -0.493 e. The lowest BCUT2D eigenvalue weighted by Gasteiger charge is -2.17. The van der Waals surface area contributed by atoms with Crippen LogP contribution in [0.2, 0.25) is 10.0 Å². The first-order valence-corrected chi connectivity index (χ1v) is 15.4. The molecule has 2 rings (SSSR count). The highest BCUT2D eigenvalue weighted by atomic mass is 35.5. The van der Waals surface area contributed by atoms with E-state index in [0.717, 1.165) is 0 Å². The molecule has 13 heteroatoms. The molecule has 200 valence electrons. The Labute approximate surface area is 226 Å². The summed E-state index contributed by atoms with van der Waals surface area (Å²) in [6.07, 6.45) is -0.737. The summed E-state index contributed by atoms with van der Waals surface area (Å²) in [5.41, 5.74) is 0. The van der Waals surface area contributed by atoms with Crippen molar-refractivity contribution in [3.8, 4) is 11.5 Å². The number of halogens is 3. The first kappa shape index (κ1) is 30.5. The molecule has 0 heterocycles. The molecule has 0 N–H and O–H groups in total. The van der Waals surface area contributed by atoms with Gasteiger partial charge in [0.25, 0.3) is 0 Å². The molecule has 0 aliphatic carbocycles. The Kier molecular flexibility index (Phi) is 11.2. The monoisotopic (exact) mass is 600 g/mol. The van der Waals surface area contributed by atoms with Crippen molar-refractivity contribution < 1.29 is 35.8 Å². The van der Waals surface area contributed by atoms with E-state index in [1.165, 1.54) is 43.3 Å². The third-order valence-corrected chi connectivity index (χ3v) is 9.46. The smallest absolute Gasteiger partial charge is 0.303 e. The standard InChI is InChI=1S/C23H27Cl3O8S2/c1-4-35(28,29)14-15(2)12-32-17-5-7-19(8-6-17)36(30,31)20-9-21(25)23(22(26)10-20)33-13-18(11-24)34-16(3)27/h5-10,15,18H,4,11-14H2,1-3H3/t15-,18+/m0/s1. The SMILES string of the molecule is CCS(=O)(=O)C[C@@H](C)COc1ccc(S(=O)(=O)c2cc(Cl)c(OC[C@@H](CCl)OC(C)=O)c(Cl)c2)cc1. The summed E-state index contributed by atoms with van der Waals surface area (Å²) < 4.78 is 65.8. The molecule has 0 saturated carbocycles. The molecule has 0 aromatic heterocycles. The Morgan fingerprint density at radius 3 is 2.03 bits per heavy atom. The lowest BCUT2D eigenvalue weighted by Crippen LogP contribution is -2.25. The zero-order valence-corrected chi connectivity index (χ0v) is 23.8. The second-order valence-corrected chi connectivity index (χ2v) is 13.5. The number of esters is 1. The predicted octanol–water partition coefficient (Wildman–Crippen LogP) is 4.83. The van der Waals surface area contributed by atoms with Gasteiger partial charge in [-0.3, -0.25) is 4.79 Å². The molecule has 0 aliphatic heterocycles. The lowest BCUT2D eigenvalue weighted by atomic mass is 10.2. The van der Waals surface area contributed by atoms with Gasteiger partial charge in [-0.05, 0) is 36.4 Å². The Morgan fingerprint density at radius 2 is 1.53 bits per heavy atom. The van der Waals surface area contributed by atoms with Gasteiger partial charge in [-0.2, -0.15) is 0 Å². The van der Waals surface area contributed by atoms with E-state index in [1.54, 1.807) is 13.8 Å². The fourth-order valence-corrected chi connectivity index (χ4v) is 6.43. The summed E-state index contributed by atoms with van der Waals surface area (Å²) in [5.74, 6) is -0.271. The molecule has 2 aromatic rings. The molecule has 8 nitrogen and oxygen atoms in total. The zero-order valence-electron chi connectivity index (χ0n) is 19.9. The topological polar surface area (TPSA) is 113 Å². The summed E-state index contributed by atoms with van der Waals surface area (Å²) in [6, 6.07) is 8.12. The van der Waals surface area contributed by atoms with Crippen LogP contribution in [-0.4, -0.2) is 59.5 Å². The highest BCUT2D eigenvalue weighted by Crippen LogP contribution is 2.37. The lowest BCUT2D eigenvalue weighted by molar-refractivity contribution is -0.146. The maximum absolute atomic E-state index is 13.1. The van der Waals surface area contributed by atoms with Gasteiger partial charge in [0.1, 0.15) is 28.3 Å². The Bertz CT molecular complexity index is 1240. The third-order valence-electron chi connectivity index (χ3n) is 4.85. The van der Waals surface area contributed by atoms with E-state index < -0.39 is 31.7 Å². The van der Waals surface area contributed by atoms with Gasteiger partial charge in [0, 0.05) is 18.6 Å². The van der Waals surface area contributed by atoms with Gasteiger partial charge < -0.3 is 14.2 Å². The summed E-state index contributed by atoms with van der Waals surface area (Å²) in [7, 11) is -7.10. The van der Waals surface area contributed by atoms with Crippen LogP contribution < -0.4 is 9.47 Å². The van der Waals surface area contributed by atoms with Gasteiger partial charge in [0.05, 0.1) is 38.1 Å². The van der Waals surface area contributed by atoms with Crippen LogP contribution in [0.1, 0.15) is 20.8 Å². The van der Waals surface area contributed by atoms with Gasteiger partial charge in [0.2, 0.25) is 9.84 Å². The van der Waals surface area contributed by atoms with Gasteiger partial charge in [-0.25, -0.2) is 16.8 Å². The number of hydrogen-bond donors (Lipinski definition) is 0. The van der Waals surface area contributed by atoms with Gasteiger partial charge in [-0.1, -0.05) is 37.0 Å². The van der Waals surface area contributed by atoms with Crippen LogP contribution in [0.15, 0.2) is 46.2 Å². The number of benzene rings is 2. The molecule has 0 bridgehead atoms. The summed E-state index contributed by atoms with van der Waals surface area (Å²) in [4.78, 5) is 10.9. The van der Waals surface area contributed by atoms with Crippen molar-refractivity contribution in [1.29, 1.82) is 0 Å². The largest absolute Gasteiger partial charge is 0.493 e. The molecular weight excluding hydrogens is 575 g/mol. The van der Waals surface area contributed by atoms with Crippen LogP contribution in [0.25, 0.3) is 0 Å². The van der Waals surface area contributed by atoms with Crippen molar-refractivity contribution in [3.05, 3.63) is 46.4 Å². The van der Waals surface area contributed by atoms with Gasteiger partial charge >= 0.3 is 5.97 Å². The molecular formula is C23H27Cl3O8S2. The number of carbonyl (C=O) groups is 1. The van der Waals surface area contributed by atoms with Crippen molar-refractivity contribution in [3.63, 3.8) is 0 Å². The fourth-order valence-electron chi connectivity index (χ4n) is 3.04. The average molecular weight is 602 g/mol. The van der Waals surface area contributed by atoms with E-state index in [-0.39, 0.29) is 62.1 Å².